The first kappa shape index (κ1) is 47.1. The number of hydrogen-bond donors (Lipinski definition) is 1. The zero-order valence-corrected chi connectivity index (χ0v) is 32.6. The van der Waals surface area contributed by atoms with Crippen molar-refractivity contribution in [1.29, 1.82) is 0 Å². The molecule has 0 fully saturated rings. The molecule has 0 aliphatic carbocycles. The Labute approximate surface area is 305 Å². The molecule has 0 saturated carbocycles. The number of carbonyl (C=O) groups is 2. The molecule has 0 bridgehead atoms. The van der Waals surface area contributed by atoms with Gasteiger partial charge in [-0.1, -0.05) is 152 Å². The molecular formula is C45H81NO3. The van der Waals surface area contributed by atoms with Crippen molar-refractivity contribution < 1.29 is 14.3 Å². The van der Waals surface area contributed by atoms with Crippen LogP contribution >= 0.6 is 0 Å². The number of ether oxygens (including phenoxy) is 1. The largest absolute Gasteiger partial charge is 0.462 e. The fourth-order valence-electron chi connectivity index (χ4n) is 5.99. The summed E-state index contributed by atoms with van der Waals surface area (Å²) in [6, 6.07) is 0. The molecule has 49 heavy (non-hydrogen) atoms. The SMILES string of the molecule is CCCC/C=C\C/C=C\CCCCCCCCCC(CCCCCCCCC/C=C\C/C=C\CCCC)OC(=O)CCCNCCCC=O. The number of rotatable bonds is 39. The molecule has 0 heterocycles. The van der Waals surface area contributed by atoms with Crippen LogP contribution in [0.2, 0.25) is 0 Å². The van der Waals surface area contributed by atoms with Gasteiger partial charge in [0.15, 0.2) is 0 Å². The highest BCUT2D eigenvalue weighted by Crippen LogP contribution is 2.18. The number of aldehydes is 1. The van der Waals surface area contributed by atoms with Crippen LogP contribution < -0.4 is 5.32 Å². The zero-order valence-electron chi connectivity index (χ0n) is 32.6. The van der Waals surface area contributed by atoms with Crippen molar-refractivity contribution in [3.63, 3.8) is 0 Å². The minimum absolute atomic E-state index is 0.0391. The van der Waals surface area contributed by atoms with Crippen molar-refractivity contribution >= 4 is 12.3 Å². The van der Waals surface area contributed by atoms with E-state index < -0.39 is 0 Å². The summed E-state index contributed by atoms with van der Waals surface area (Å²) in [5, 5.41) is 3.32. The smallest absolute Gasteiger partial charge is 0.306 e. The van der Waals surface area contributed by atoms with E-state index in [4.69, 9.17) is 4.74 Å². The van der Waals surface area contributed by atoms with E-state index in [1.165, 1.54) is 128 Å². The van der Waals surface area contributed by atoms with Crippen LogP contribution in [0.1, 0.15) is 206 Å². The lowest BCUT2D eigenvalue weighted by molar-refractivity contribution is -0.150. The van der Waals surface area contributed by atoms with Crippen molar-refractivity contribution in [2.24, 2.45) is 0 Å². The van der Waals surface area contributed by atoms with E-state index in [1.807, 2.05) is 0 Å². The van der Waals surface area contributed by atoms with Crippen molar-refractivity contribution in [1.82, 2.24) is 5.32 Å². The summed E-state index contributed by atoms with van der Waals surface area (Å²) >= 11 is 0. The molecule has 0 radical (unpaired) electrons. The standard InChI is InChI=1S/C45H81NO3/c1-3-5-7-9-11-13-15-17-19-21-23-25-27-29-31-33-38-44(49-45(48)40-37-42-46-41-35-36-43-47)39-34-32-30-28-26-24-22-20-18-16-14-12-10-8-6-4-2/h9-12,15-18,43-44,46H,3-8,13-14,19-42H2,1-2H3/b11-9-,12-10-,17-15-,18-16-. The fraction of sp³-hybridized carbons (Fsp3) is 0.778. The van der Waals surface area contributed by atoms with Crippen molar-refractivity contribution in [2.45, 2.75) is 213 Å². The van der Waals surface area contributed by atoms with Gasteiger partial charge in [0.1, 0.15) is 12.4 Å². The van der Waals surface area contributed by atoms with Gasteiger partial charge in [-0.05, 0) is 103 Å². The first-order valence-electron chi connectivity index (χ1n) is 21.2. The average Bonchev–Trinajstić information content (AvgIpc) is 3.10. The average molecular weight is 684 g/mol. The van der Waals surface area contributed by atoms with Crippen LogP contribution in [0.25, 0.3) is 0 Å². The minimum atomic E-state index is -0.0391. The van der Waals surface area contributed by atoms with E-state index in [0.717, 1.165) is 70.7 Å². The Morgan fingerprint density at radius 1 is 0.490 bits per heavy atom. The number of allylic oxidation sites excluding steroid dienone is 8. The molecule has 4 nitrogen and oxygen atoms in total. The van der Waals surface area contributed by atoms with E-state index in [9.17, 15) is 9.59 Å². The molecule has 0 saturated heterocycles. The second-order valence-electron chi connectivity index (χ2n) is 14.0. The third-order valence-electron chi connectivity index (χ3n) is 9.16. The van der Waals surface area contributed by atoms with E-state index in [-0.39, 0.29) is 12.1 Å². The maximum Gasteiger partial charge on any atom is 0.306 e. The molecule has 0 atom stereocenters. The molecule has 0 unspecified atom stereocenters. The number of unbranched alkanes of at least 4 members (excludes halogenated alkanes) is 19. The highest BCUT2D eigenvalue weighted by molar-refractivity contribution is 5.69. The summed E-state index contributed by atoms with van der Waals surface area (Å²) in [4.78, 5) is 23.1. The molecule has 0 aromatic rings. The third-order valence-corrected chi connectivity index (χ3v) is 9.16. The summed E-state index contributed by atoms with van der Waals surface area (Å²) in [7, 11) is 0. The molecule has 0 aromatic carbocycles. The van der Waals surface area contributed by atoms with E-state index in [0.29, 0.717) is 12.8 Å². The molecular weight excluding hydrogens is 602 g/mol. The molecule has 4 heteroatoms. The van der Waals surface area contributed by atoms with Crippen LogP contribution in [0, 0.1) is 0 Å². The Bertz CT molecular complexity index is 751. The van der Waals surface area contributed by atoms with Crippen molar-refractivity contribution in [2.75, 3.05) is 13.1 Å². The van der Waals surface area contributed by atoms with Gasteiger partial charge in [0.2, 0.25) is 0 Å². The van der Waals surface area contributed by atoms with Crippen molar-refractivity contribution in [3.8, 4) is 0 Å². The Morgan fingerprint density at radius 3 is 1.35 bits per heavy atom. The maximum atomic E-state index is 12.6. The van der Waals surface area contributed by atoms with Crippen LogP contribution in [0.3, 0.4) is 0 Å². The van der Waals surface area contributed by atoms with Gasteiger partial charge in [0.05, 0.1) is 0 Å². The first-order valence-corrected chi connectivity index (χ1v) is 21.2. The lowest BCUT2D eigenvalue weighted by Crippen LogP contribution is -2.21. The van der Waals surface area contributed by atoms with Crippen molar-refractivity contribution in [3.05, 3.63) is 48.6 Å². The lowest BCUT2D eigenvalue weighted by atomic mass is 10.0. The molecule has 0 aliphatic heterocycles. The van der Waals surface area contributed by atoms with Gasteiger partial charge >= 0.3 is 5.97 Å². The Morgan fingerprint density at radius 2 is 0.898 bits per heavy atom. The summed E-state index contributed by atoms with van der Waals surface area (Å²) < 4.78 is 6.01. The van der Waals surface area contributed by atoms with Gasteiger partial charge in [-0.3, -0.25) is 4.79 Å². The second-order valence-corrected chi connectivity index (χ2v) is 14.0. The quantitative estimate of drug-likeness (QED) is 0.0303. The Kier molecular flexibility index (Phi) is 40.6. The van der Waals surface area contributed by atoms with Crippen LogP contribution in [0.4, 0.5) is 0 Å². The molecule has 0 rings (SSSR count). The van der Waals surface area contributed by atoms with Crippen LogP contribution in [-0.4, -0.2) is 31.4 Å². The van der Waals surface area contributed by atoms with Gasteiger partial charge in [-0.25, -0.2) is 0 Å². The number of nitrogens with one attached hydrogen (secondary N) is 1. The van der Waals surface area contributed by atoms with Gasteiger partial charge in [0.25, 0.3) is 0 Å². The first-order chi connectivity index (χ1) is 24.2. The second kappa shape index (κ2) is 42.2. The molecule has 284 valence electrons. The maximum absolute atomic E-state index is 12.6. The summed E-state index contributed by atoms with van der Waals surface area (Å²) in [6.45, 7) is 6.12. The third kappa shape index (κ3) is 40.4. The Hall–Kier alpha value is -1.94. The molecule has 0 aromatic heterocycles. The monoisotopic (exact) mass is 684 g/mol. The van der Waals surface area contributed by atoms with Crippen LogP contribution in [-0.2, 0) is 14.3 Å². The fourth-order valence-corrected chi connectivity index (χ4v) is 5.99. The van der Waals surface area contributed by atoms with Crippen LogP contribution in [0.5, 0.6) is 0 Å². The Balaban J connectivity index is 4.10. The summed E-state index contributed by atoms with van der Waals surface area (Å²) in [5.74, 6) is -0.0391. The van der Waals surface area contributed by atoms with E-state index in [2.05, 4.69) is 67.8 Å². The van der Waals surface area contributed by atoms with E-state index in [1.54, 1.807) is 0 Å². The number of carbonyl (C=O) groups excluding carboxylic acids is 2. The zero-order chi connectivity index (χ0) is 35.6. The molecule has 0 spiro atoms. The molecule has 0 amide bonds. The predicted octanol–water partition coefficient (Wildman–Crippen LogP) is 13.7. The normalized spacial score (nSPS) is 12.1. The topological polar surface area (TPSA) is 55.4 Å². The lowest BCUT2D eigenvalue weighted by Gasteiger charge is -2.18. The number of hydrogen-bond acceptors (Lipinski definition) is 4. The van der Waals surface area contributed by atoms with Crippen LogP contribution in [0.15, 0.2) is 48.6 Å². The highest BCUT2D eigenvalue weighted by atomic mass is 16.5. The summed E-state index contributed by atoms with van der Waals surface area (Å²) in [5.41, 5.74) is 0. The minimum Gasteiger partial charge on any atom is -0.462 e. The van der Waals surface area contributed by atoms with Gasteiger partial charge < -0.3 is 14.8 Å². The molecule has 1 N–H and O–H groups in total. The van der Waals surface area contributed by atoms with Gasteiger partial charge in [-0.15, -0.1) is 0 Å². The number of esters is 1. The molecule has 0 aliphatic rings. The van der Waals surface area contributed by atoms with E-state index >= 15 is 0 Å². The van der Waals surface area contributed by atoms with Gasteiger partial charge in [-0.2, -0.15) is 0 Å². The predicted molar refractivity (Wildman–Crippen MR) is 215 cm³/mol. The van der Waals surface area contributed by atoms with Gasteiger partial charge in [0, 0.05) is 12.8 Å². The summed E-state index contributed by atoms with van der Waals surface area (Å²) in [6.07, 6.45) is 54.5. The highest BCUT2D eigenvalue weighted by Gasteiger charge is 2.14.